The smallest absolute Gasteiger partial charge is 0.420 e. The second-order valence-electron chi connectivity index (χ2n) is 4.90. The lowest BCUT2D eigenvalue weighted by atomic mass is 10.1. The highest BCUT2D eigenvalue weighted by Crippen LogP contribution is 2.42. The summed E-state index contributed by atoms with van der Waals surface area (Å²) >= 11 is 0. The Morgan fingerprint density at radius 1 is 1.14 bits per heavy atom. The number of benzene rings is 1. The standard InChI is InChI=1S/C14H19F3N2O2/c1-20-12-8-10(9-19-5-3-18-4-6-19)7-11(13(12)21-2)14(15,16)17/h7-8,18H,3-6,9H2,1-2H3. The molecule has 1 N–H and O–H groups in total. The van der Waals surface area contributed by atoms with Gasteiger partial charge in [0.25, 0.3) is 0 Å². The average molecular weight is 304 g/mol. The molecular weight excluding hydrogens is 285 g/mol. The lowest BCUT2D eigenvalue weighted by molar-refractivity contribution is -0.139. The molecule has 21 heavy (non-hydrogen) atoms. The third-order valence-corrected chi connectivity index (χ3v) is 3.46. The molecule has 0 bridgehead atoms. The first kappa shape index (κ1) is 15.9. The molecule has 1 aliphatic rings. The fourth-order valence-corrected chi connectivity index (χ4v) is 2.45. The van der Waals surface area contributed by atoms with Crippen molar-refractivity contribution in [1.29, 1.82) is 0 Å². The van der Waals surface area contributed by atoms with Gasteiger partial charge in [0, 0.05) is 32.7 Å². The van der Waals surface area contributed by atoms with E-state index in [1.54, 1.807) is 6.07 Å². The average Bonchev–Trinajstić information content (AvgIpc) is 2.46. The molecule has 4 nitrogen and oxygen atoms in total. The summed E-state index contributed by atoms with van der Waals surface area (Å²) in [5.41, 5.74) is -0.226. The third kappa shape index (κ3) is 3.79. The zero-order valence-electron chi connectivity index (χ0n) is 12.1. The molecule has 1 aromatic rings. The van der Waals surface area contributed by atoms with Gasteiger partial charge in [0.1, 0.15) is 5.56 Å². The predicted molar refractivity (Wildman–Crippen MR) is 72.7 cm³/mol. The van der Waals surface area contributed by atoms with Crippen molar-refractivity contribution in [3.8, 4) is 11.5 Å². The Bertz CT molecular complexity index is 486. The second-order valence-corrected chi connectivity index (χ2v) is 4.90. The van der Waals surface area contributed by atoms with Gasteiger partial charge in [0.2, 0.25) is 0 Å². The molecule has 1 aromatic carbocycles. The summed E-state index contributed by atoms with van der Waals surface area (Å²) in [5, 5.41) is 3.21. The van der Waals surface area contributed by atoms with Gasteiger partial charge in [-0.25, -0.2) is 0 Å². The molecule has 0 atom stereocenters. The summed E-state index contributed by atoms with van der Waals surface area (Å²) in [7, 11) is 2.55. The molecule has 0 unspecified atom stereocenters. The largest absolute Gasteiger partial charge is 0.493 e. The molecule has 0 spiro atoms. The molecule has 1 saturated heterocycles. The molecule has 118 valence electrons. The molecule has 2 rings (SSSR count). The van der Waals surface area contributed by atoms with Crippen LogP contribution in [0.1, 0.15) is 11.1 Å². The lowest BCUT2D eigenvalue weighted by Gasteiger charge is -2.27. The predicted octanol–water partition coefficient (Wildman–Crippen LogP) is 2.13. The molecule has 1 heterocycles. The summed E-state index contributed by atoms with van der Waals surface area (Å²) in [4.78, 5) is 2.11. The number of nitrogens with one attached hydrogen (secondary N) is 1. The van der Waals surface area contributed by atoms with Crippen LogP contribution in [0.2, 0.25) is 0 Å². The van der Waals surface area contributed by atoms with Crippen LogP contribution in [0, 0.1) is 0 Å². The summed E-state index contributed by atoms with van der Waals surface area (Å²) in [6.45, 7) is 3.79. The van der Waals surface area contributed by atoms with E-state index in [0.29, 0.717) is 12.1 Å². The normalized spacial score (nSPS) is 16.8. The van der Waals surface area contributed by atoms with Gasteiger partial charge < -0.3 is 14.8 Å². The third-order valence-electron chi connectivity index (χ3n) is 3.46. The monoisotopic (exact) mass is 304 g/mol. The van der Waals surface area contributed by atoms with E-state index in [1.165, 1.54) is 14.2 Å². The number of rotatable bonds is 4. The molecule has 0 amide bonds. The Labute approximate surface area is 121 Å². The number of methoxy groups -OCH3 is 2. The quantitative estimate of drug-likeness (QED) is 0.924. The molecule has 0 aliphatic carbocycles. The minimum absolute atomic E-state index is 0.109. The maximum absolute atomic E-state index is 13.2. The highest BCUT2D eigenvalue weighted by Gasteiger charge is 2.36. The van der Waals surface area contributed by atoms with Crippen molar-refractivity contribution >= 4 is 0 Å². The van der Waals surface area contributed by atoms with Gasteiger partial charge >= 0.3 is 6.18 Å². The second kappa shape index (κ2) is 6.53. The van der Waals surface area contributed by atoms with E-state index < -0.39 is 11.7 Å². The van der Waals surface area contributed by atoms with Gasteiger partial charge in [0.15, 0.2) is 11.5 Å². The van der Waals surface area contributed by atoms with Crippen LogP contribution in [-0.2, 0) is 12.7 Å². The van der Waals surface area contributed by atoms with Crippen molar-refractivity contribution in [1.82, 2.24) is 10.2 Å². The molecule has 0 radical (unpaired) electrons. The minimum atomic E-state index is -4.47. The van der Waals surface area contributed by atoms with Crippen LogP contribution in [0.25, 0.3) is 0 Å². The number of halogens is 3. The Kier molecular flexibility index (Phi) is 4.95. The highest BCUT2D eigenvalue weighted by molar-refractivity contribution is 5.50. The number of ether oxygens (including phenoxy) is 2. The first-order valence-electron chi connectivity index (χ1n) is 6.71. The number of hydrogen-bond donors (Lipinski definition) is 1. The van der Waals surface area contributed by atoms with Crippen molar-refractivity contribution in [3.05, 3.63) is 23.3 Å². The van der Waals surface area contributed by atoms with Crippen LogP contribution < -0.4 is 14.8 Å². The van der Waals surface area contributed by atoms with Crippen LogP contribution >= 0.6 is 0 Å². The zero-order valence-corrected chi connectivity index (χ0v) is 12.1. The Hall–Kier alpha value is -1.47. The van der Waals surface area contributed by atoms with E-state index in [-0.39, 0.29) is 11.5 Å². The zero-order chi connectivity index (χ0) is 15.5. The van der Waals surface area contributed by atoms with E-state index in [1.807, 2.05) is 0 Å². The summed E-state index contributed by atoms with van der Waals surface area (Å²) in [5.74, 6) is -0.161. The van der Waals surface area contributed by atoms with Crippen LogP contribution in [-0.4, -0.2) is 45.3 Å². The van der Waals surface area contributed by atoms with Crippen LogP contribution in [0.3, 0.4) is 0 Å². The number of alkyl halides is 3. The summed E-state index contributed by atoms with van der Waals surface area (Å²) in [6, 6.07) is 2.75. The Morgan fingerprint density at radius 3 is 2.33 bits per heavy atom. The van der Waals surface area contributed by atoms with E-state index in [9.17, 15) is 13.2 Å². The van der Waals surface area contributed by atoms with Gasteiger partial charge in [-0.2, -0.15) is 13.2 Å². The molecule has 0 aromatic heterocycles. The van der Waals surface area contributed by atoms with Crippen molar-refractivity contribution in [2.75, 3.05) is 40.4 Å². The van der Waals surface area contributed by atoms with Crippen LogP contribution in [0.15, 0.2) is 12.1 Å². The summed E-state index contributed by atoms with van der Waals surface area (Å²) < 4.78 is 49.4. The molecule has 0 saturated carbocycles. The van der Waals surface area contributed by atoms with E-state index in [4.69, 9.17) is 9.47 Å². The maximum Gasteiger partial charge on any atom is 0.420 e. The van der Waals surface area contributed by atoms with E-state index in [0.717, 1.165) is 32.2 Å². The Morgan fingerprint density at radius 2 is 1.81 bits per heavy atom. The molecule has 1 aliphatic heterocycles. The van der Waals surface area contributed by atoms with Crippen molar-refractivity contribution in [2.45, 2.75) is 12.7 Å². The number of piperazine rings is 1. The van der Waals surface area contributed by atoms with Gasteiger partial charge in [-0.3, -0.25) is 4.90 Å². The van der Waals surface area contributed by atoms with Gasteiger partial charge in [-0.05, 0) is 17.7 Å². The SMILES string of the molecule is COc1cc(CN2CCNCC2)cc(C(F)(F)F)c1OC. The van der Waals surface area contributed by atoms with Gasteiger partial charge in [0.05, 0.1) is 14.2 Å². The fraction of sp³-hybridized carbons (Fsp3) is 0.571. The molecular formula is C14H19F3N2O2. The lowest BCUT2D eigenvalue weighted by Crippen LogP contribution is -2.42. The van der Waals surface area contributed by atoms with Crippen LogP contribution in [0.4, 0.5) is 13.2 Å². The Balaban J connectivity index is 2.33. The number of hydrogen-bond acceptors (Lipinski definition) is 4. The van der Waals surface area contributed by atoms with Gasteiger partial charge in [-0.1, -0.05) is 0 Å². The van der Waals surface area contributed by atoms with Crippen molar-refractivity contribution < 1.29 is 22.6 Å². The highest BCUT2D eigenvalue weighted by atomic mass is 19.4. The van der Waals surface area contributed by atoms with E-state index >= 15 is 0 Å². The number of nitrogens with zero attached hydrogens (tertiary/aromatic N) is 1. The maximum atomic E-state index is 13.2. The first-order valence-corrected chi connectivity index (χ1v) is 6.71. The van der Waals surface area contributed by atoms with Crippen LogP contribution in [0.5, 0.6) is 11.5 Å². The minimum Gasteiger partial charge on any atom is -0.493 e. The molecule has 7 heteroatoms. The van der Waals surface area contributed by atoms with Gasteiger partial charge in [-0.15, -0.1) is 0 Å². The van der Waals surface area contributed by atoms with E-state index in [2.05, 4.69) is 10.2 Å². The van der Waals surface area contributed by atoms with Crippen molar-refractivity contribution in [2.24, 2.45) is 0 Å². The van der Waals surface area contributed by atoms with Crippen molar-refractivity contribution in [3.63, 3.8) is 0 Å². The first-order chi connectivity index (χ1) is 9.95. The molecule has 1 fully saturated rings. The summed E-state index contributed by atoms with van der Waals surface area (Å²) in [6.07, 6.45) is -4.47. The fourth-order valence-electron chi connectivity index (χ4n) is 2.45. The topological polar surface area (TPSA) is 33.7 Å².